The van der Waals surface area contributed by atoms with Crippen molar-refractivity contribution < 1.29 is 4.79 Å². The highest BCUT2D eigenvalue weighted by molar-refractivity contribution is 9.10. The highest BCUT2D eigenvalue weighted by Gasteiger charge is 2.27. The molecule has 18 heavy (non-hydrogen) atoms. The number of likely N-dealkylation sites (tertiary alicyclic amines) is 1. The fourth-order valence-corrected chi connectivity index (χ4v) is 2.59. The van der Waals surface area contributed by atoms with Gasteiger partial charge in [-0.25, -0.2) is 0 Å². The second kappa shape index (κ2) is 6.29. The third-order valence-corrected chi connectivity index (χ3v) is 3.79. The van der Waals surface area contributed by atoms with E-state index in [9.17, 15) is 4.79 Å². The molecule has 0 saturated carbocycles. The zero-order valence-electron chi connectivity index (χ0n) is 10.5. The summed E-state index contributed by atoms with van der Waals surface area (Å²) in [5.74, 6) is 0.117. The zero-order chi connectivity index (χ0) is 13.0. The Morgan fingerprint density at radius 3 is 3.06 bits per heavy atom. The summed E-state index contributed by atoms with van der Waals surface area (Å²) in [5.41, 5.74) is 1.01. The average molecular weight is 312 g/mol. The zero-order valence-corrected chi connectivity index (χ0v) is 12.1. The van der Waals surface area contributed by atoms with Crippen LogP contribution in [0.1, 0.15) is 25.0 Å². The lowest BCUT2D eigenvalue weighted by Gasteiger charge is -2.34. The molecule has 5 heteroatoms. The second-order valence-electron chi connectivity index (χ2n) is 4.56. The molecule has 1 aromatic rings. The topological polar surface area (TPSA) is 45.2 Å². The SMILES string of the molecule is CNC(=O)C1CCCCN1Cc1ccc(Br)cn1. The Hall–Kier alpha value is -0.940. The first-order valence-electron chi connectivity index (χ1n) is 6.27. The smallest absolute Gasteiger partial charge is 0.237 e. The molecule has 98 valence electrons. The van der Waals surface area contributed by atoms with Crippen molar-refractivity contribution in [3.05, 3.63) is 28.5 Å². The first kappa shape index (κ1) is 13.5. The number of carbonyl (C=O) groups excluding carboxylic acids is 1. The van der Waals surface area contributed by atoms with E-state index in [4.69, 9.17) is 0 Å². The average Bonchev–Trinajstić information content (AvgIpc) is 2.41. The number of hydrogen-bond acceptors (Lipinski definition) is 3. The van der Waals surface area contributed by atoms with Crippen LogP contribution in [-0.2, 0) is 11.3 Å². The number of pyridine rings is 1. The van der Waals surface area contributed by atoms with E-state index in [-0.39, 0.29) is 11.9 Å². The Kier molecular flexibility index (Phi) is 4.72. The minimum Gasteiger partial charge on any atom is -0.358 e. The third kappa shape index (κ3) is 3.29. The molecule has 1 aliphatic rings. The molecule has 1 atom stereocenters. The van der Waals surface area contributed by atoms with Gasteiger partial charge in [0, 0.05) is 24.3 Å². The largest absolute Gasteiger partial charge is 0.358 e. The molecule has 1 amide bonds. The molecule has 1 fully saturated rings. The van der Waals surface area contributed by atoms with Gasteiger partial charge in [0.25, 0.3) is 0 Å². The molecule has 1 N–H and O–H groups in total. The second-order valence-corrected chi connectivity index (χ2v) is 5.48. The van der Waals surface area contributed by atoms with Gasteiger partial charge in [-0.15, -0.1) is 0 Å². The van der Waals surface area contributed by atoms with E-state index in [2.05, 4.69) is 31.1 Å². The summed E-state index contributed by atoms with van der Waals surface area (Å²) in [7, 11) is 1.70. The first-order chi connectivity index (χ1) is 8.70. The number of amides is 1. The summed E-state index contributed by atoms with van der Waals surface area (Å²) in [4.78, 5) is 18.4. The summed E-state index contributed by atoms with van der Waals surface area (Å²) >= 11 is 3.38. The summed E-state index contributed by atoms with van der Waals surface area (Å²) in [6, 6.07) is 3.98. The minimum atomic E-state index is -0.00537. The third-order valence-electron chi connectivity index (χ3n) is 3.32. The molecule has 1 aromatic heterocycles. The first-order valence-corrected chi connectivity index (χ1v) is 7.06. The van der Waals surface area contributed by atoms with Crippen molar-refractivity contribution >= 4 is 21.8 Å². The monoisotopic (exact) mass is 311 g/mol. The highest BCUT2D eigenvalue weighted by atomic mass is 79.9. The lowest BCUT2D eigenvalue weighted by atomic mass is 10.0. The van der Waals surface area contributed by atoms with Gasteiger partial charge in [0.2, 0.25) is 5.91 Å². The number of nitrogens with zero attached hydrogens (tertiary/aromatic N) is 2. The summed E-state index contributed by atoms with van der Waals surface area (Å²) in [5, 5.41) is 2.75. The number of hydrogen-bond donors (Lipinski definition) is 1. The van der Waals surface area contributed by atoms with Crippen LogP contribution in [0, 0.1) is 0 Å². The Morgan fingerprint density at radius 2 is 2.39 bits per heavy atom. The minimum absolute atomic E-state index is 0.00537. The van der Waals surface area contributed by atoms with E-state index in [1.54, 1.807) is 13.2 Å². The molecule has 1 saturated heterocycles. The molecule has 1 aliphatic heterocycles. The molecule has 0 bridgehead atoms. The van der Waals surface area contributed by atoms with E-state index in [0.717, 1.165) is 42.5 Å². The number of aromatic nitrogens is 1. The van der Waals surface area contributed by atoms with Crippen molar-refractivity contribution in [2.45, 2.75) is 31.8 Å². The van der Waals surface area contributed by atoms with Crippen molar-refractivity contribution in [2.24, 2.45) is 0 Å². The van der Waals surface area contributed by atoms with Gasteiger partial charge in [-0.3, -0.25) is 14.7 Å². The lowest BCUT2D eigenvalue weighted by Crippen LogP contribution is -2.48. The van der Waals surface area contributed by atoms with E-state index in [0.29, 0.717) is 0 Å². The highest BCUT2D eigenvalue weighted by Crippen LogP contribution is 2.19. The van der Waals surface area contributed by atoms with Crippen LogP contribution in [-0.4, -0.2) is 35.4 Å². The van der Waals surface area contributed by atoms with Gasteiger partial charge < -0.3 is 5.32 Å². The normalized spacial score (nSPS) is 20.7. The molecule has 1 unspecified atom stereocenters. The maximum atomic E-state index is 11.8. The van der Waals surface area contributed by atoms with Crippen LogP contribution in [0.5, 0.6) is 0 Å². The van der Waals surface area contributed by atoms with Crippen LogP contribution >= 0.6 is 15.9 Å². The summed E-state index contributed by atoms with van der Waals surface area (Å²) in [6.45, 7) is 1.71. The molecule has 0 radical (unpaired) electrons. The number of carbonyl (C=O) groups is 1. The number of likely N-dealkylation sites (N-methyl/N-ethyl adjacent to an activating group) is 1. The van der Waals surface area contributed by atoms with Crippen molar-refractivity contribution in [1.82, 2.24) is 15.2 Å². The van der Waals surface area contributed by atoms with Gasteiger partial charge in [0.1, 0.15) is 0 Å². The van der Waals surface area contributed by atoms with Crippen molar-refractivity contribution in [2.75, 3.05) is 13.6 Å². The van der Waals surface area contributed by atoms with Crippen molar-refractivity contribution in [1.29, 1.82) is 0 Å². The predicted octanol–water partition coefficient (Wildman–Crippen LogP) is 1.94. The van der Waals surface area contributed by atoms with Crippen LogP contribution in [0.2, 0.25) is 0 Å². The molecule has 0 spiro atoms. The number of halogens is 1. The van der Waals surface area contributed by atoms with Gasteiger partial charge in [0.05, 0.1) is 11.7 Å². The van der Waals surface area contributed by atoms with Crippen LogP contribution in [0.3, 0.4) is 0 Å². The molecule has 0 aliphatic carbocycles. The number of rotatable bonds is 3. The number of nitrogens with one attached hydrogen (secondary N) is 1. The Balaban J connectivity index is 2.05. The van der Waals surface area contributed by atoms with Gasteiger partial charge >= 0.3 is 0 Å². The van der Waals surface area contributed by atoms with E-state index in [1.807, 2.05) is 12.1 Å². The van der Waals surface area contributed by atoms with Gasteiger partial charge in [0.15, 0.2) is 0 Å². The Morgan fingerprint density at radius 1 is 1.56 bits per heavy atom. The maximum absolute atomic E-state index is 11.8. The molecule has 0 aromatic carbocycles. The Labute approximate surface area is 116 Å². The van der Waals surface area contributed by atoms with E-state index in [1.165, 1.54) is 0 Å². The quantitative estimate of drug-likeness (QED) is 0.928. The van der Waals surface area contributed by atoms with Gasteiger partial charge in [-0.05, 0) is 47.4 Å². The summed E-state index contributed by atoms with van der Waals surface area (Å²) in [6.07, 6.45) is 5.02. The van der Waals surface area contributed by atoms with Gasteiger partial charge in [-0.2, -0.15) is 0 Å². The van der Waals surface area contributed by atoms with Crippen molar-refractivity contribution in [3.8, 4) is 0 Å². The standard InChI is InChI=1S/C13H18BrN3O/c1-15-13(18)12-4-2-3-7-17(12)9-11-6-5-10(14)8-16-11/h5-6,8,12H,2-4,7,9H2,1H3,(H,15,18). The van der Waals surface area contributed by atoms with Crippen LogP contribution in [0.25, 0.3) is 0 Å². The fourth-order valence-electron chi connectivity index (χ4n) is 2.35. The molecular weight excluding hydrogens is 294 g/mol. The van der Waals surface area contributed by atoms with E-state index < -0.39 is 0 Å². The fraction of sp³-hybridized carbons (Fsp3) is 0.538. The van der Waals surface area contributed by atoms with E-state index >= 15 is 0 Å². The van der Waals surface area contributed by atoms with Crippen LogP contribution in [0.4, 0.5) is 0 Å². The lowest BCUT2D eigenvalue weighted by molar-refractivity contribution is -0.127. The van der Waals surface area contributed by atoms with Gasteiger partial charge in [-0.1, -0.05) is 6.42 Å². The Bertz CT molecular complexity index is 407. The summed E-state index contributed by atoms with van der Waals surface area (Å²) < 4.78 is 0.979. The molecule has 2 rings (SSSR count). The maximum Gasteiger partial charge on any atom is 0.237 e. The van der Waals surface area contributed by atoms with Crippen molar-refractivity contribution in [3.63, 3.8) is 0 Å². The molecule has 4 nitrogen and oxygen atoms in total. The molecule has 2 heterocycles. The number of piperidine rings is 1. The van der Waals surface area contributed by atoms with Crippen LogP contribution < -0.4 is 5.32 Å². The van der Waals surface area contributed by atoms with Crippen LogP contribution in [0.15, 0.2) is 22.8 Å². The predicted molar refractivity (Wildman–Crippen MR) is 74.1 cm³/mol. The molecular formula is C13H18BrN3O.